The zero-order chi connectivity index (χ0) is 12.4. The largest absolute Gasteiger partial charge is 0.314 e. The van der Waals surface area contributed by atoms with Gasteiger partial charge in [-0.3, -0.25) is 9.88 Å². The van der Waals surface area contributed by atoms with Crippen molar-refractivity contribution < 1.29 is 0 Å². The summed E-state index contributed by atoms with van der Waals surface area (Å²) < 4.78 is 0. The second-order valence-electron chi connectivity index (χ2n) is 5.90. The van der Waals surface area contributed by atoms with E-state index in [1.807, 2.05) is 12.4 Å². The lowest BCUT2D eigenvalue weighted by atomic mass is 9.92. The number of nitrogens with zero attached hydrogens (tertiary/aromatic N) is 2. The van der Waals surface area contributed by atoms with Crippen LogP contribution in [0, 0.1) is 6.92 Å². The van der Waals surface area contributed by atoms with Crippen LogP contribution in [0.5, 0.6) is 0 Å². The van der Waals surface area contributed by atoms with Gasteiger partial charge in [-0.2, -0.15) is 0 Å². The van der Waals surface area contributed by atoms with Crippen molar-refractivity contribution in [2.75, 3.05) is 19.6 Å². The van der Waals surface area contributed by atoms with Gasteiger partial charge in [-0.15, -0.1) is 0 Å². The highest BCUT2D eigenvalue weighted by Crippen LogP contribution is 2.36. The lowest BCUT2D eigenvalue weighted by Gasteiger charge is -2.45. The van der Waals surface area contributed by atoms with Crippen LogP contribution in [0.15, 0.2) is 18.5 Å². The number of hydrogen-bond acceptors (Lipinski definition) is 3. The molecule has 0 unspecified atom stereocenters. The fraction of sp³-hybridized carbons (Fsp3) is 0.667. The van der Waals surface area contributed by atoms with E-state index < -0.39 is 0 Å². The Morgan fingerprint density at radius 2 is 2.17 bits per heavy atom. The van der Waals surface area contributed by atoms with E-state index in [9.17, 15) is 0 Å². The molecule has 1 aromatic heterocycles. The predicted molar refractivity (Wildman–Crippen MR) is 73.5 cm³/mol. The first kappa shape index (κ1) is 12.1. The number of rotatable bonds is 2. The summed E-state index contributed by atoms with van der Waals surface area (Å²) in [6, 6.07) is 2.28. The summed E-state index contributed by atoms with van der Waals surface area (Å²) in [6.45, 7) is 6.66. The summed E-state index contributed by atoms with van der Waals surface area (Å²) in [6.07, 6.45) is 9.47. The predicted octanol–water partition coefficient (Wildman–Crippen LogP) is 2.11. The molecular weight excluding hydrogens is 222 g/mol. The summed E-state index contributed by atoms with van der Waals surface area (Å²) in [5.41, 5.74) is 3.06. The maximum Gasteiger partial charge on any atom is 0.0338 e. The van der Waals surface area contributed by atoms with Gasteiger partial charge >= 0.3 is 0 Å². The number of hydrogen-bond donors (Lipinski definition) is 1. The third kappa shape index (κ3) is 2.29. The Balaban J connectivity index is 1.77. The summed E-state index contributed by atoms with van der Waals surface area (Å²) >= 11 is 0. The third-order valence-electron chi connectivity index (χ3n) is 4.52. The van der Waals surface area contributed by atoms with Gasteiger partial charge in [0.15, 0.2) is 0 Å². The molecule has 2 fully saturated rings. The number of pyridine rings is 1. The van der Waals surface area contributed by atoms with Crippen molar-refractivity contribution in [3.63, 3.8) is 0 Å². The SMILES string of the molecule is Cc1cncc(CN2CCNCC23CCCC3)c1. The van der Waals surface area contributed by atoms with Gasteiger partial charge in [-0.05, 0) is 30.9 Å². The standard InChI is InChI=1S/C15H23N3/c1-13-8-14(10-17-9-13)11-18-7-6-16-12-15(18)4-2-3-5-15/h8-10,16H,2-7,11-12H2,1H3. The fourth-order valence-electron chi connectivity index (χ4n) is 3.58. The first-order valence-electron chi connectivity index (χ1n) is 7.15. The molecule has 2 aliphatic rings. The molecule has 3 rings (SSSR count). The number of aryl methyl sites for hydroxylation is 1. The molecule has 1 saturated carbocycles. The van der Waals surface area contributed by atoms with Gasteiger partial charge in [0.1, 0.15) is 0 Å². The van der Waals surface area contributed by atoms with E-state index in [2.05, 4.69) is 28.2 Å². The van der Waals surface area contributed by atoms with Crippen molar-refractivity contribution in [1.29, 1.82) is 0 Å². The highest BCUT2D eigenvalue weighted by molar-refractivity contribution is 5.17. The van der Waals surface area contributed by atoms with E-state index in [0.717, 1.165) is 13.1 Å². The second-order valence-corrected chi connectivity index (χ2v) is 5.90. The molecule has 1 aliphatic carbocycles. The summed E-state index contributed by atoms with van der Waals surface area (Å²) in [5.74, 6) is 0. The number of piperazine rings is 1. The molecule has 0 aromatic carbocycles. The highest BCUT2D eigenvalue weighted by atomic mass is 15.3. The van der Waals surface area contributed by atoms with Crippen molar-refractivity contribution in [3.05, 3.63) is 29.6 Å². The van der Waals surface area contributed by atoms with E-state index in [1.54, 1.807) is 0 Å². The molecule has 3 heteroatoms. The van der Waals surface area contributed by atoms with E-state index in [-0.39, 0.29) is 0 Å². The lowest BCUT2D eigenvalue weighted by molar-refractivity contribution is 0.0571. The number of nitrogens with one attached hydrogen (secondary N) is 1. The Hall–Kier alpha value is -0.930. The van der Waals surface area contributed by atoms with Crippen LogP contribution in [0.2, 0.25) is 0 Å². The van der Waals surface area contributed by atoms with Crippen LogP contribution < -0.4 is 5.32 Å². The molecule has 2 heterocycles. The molecular formula is C15H23N3. The topological polar surface area (TPSA) is 28.2 Å². The Labute approximate surface area is 110 Å². The van der Waals surface area contributed by atoms with Crippen molar-refractivity contribution in [1.82, 2.24) is 15.2 Å². The number of aromatic nitrogens is 1. The maximum atomic E-state index is 4.32. The average Bonchev–Trinajstić information content (AvgIpc) is 2.82. The molecule has 98 valence electrons. The first-order valence-corrected chi connectivity index (χ1v) is 7.15. The van der Waals surface area contributed by atoms with Crippen molar-refractivity contribution in [3.8, 4) is 0 Å². The van der Waals surface area contributed by atoms with Crippen molar-refractivity contribution >= 4 is 0 Å². The van der Waals surface area contributed by atoms with Crippen LogP contribution in [-0.4, -0.2) is 35.1 Å². The van der Waals surface area contributed by atoms with Gasteiger partial charge in [0, 0.05) is 44.1 Å². The zero-order valence-electron chi connectivity index (χ0n) is 11.3. The smallest absolute Gasteiger partial charge is 0.0338 e. The molecule has 1 spiro atoms. The second kappa shape index (κ2) is 4.98. The van der Waals surface area contributed by atoms with Crippen LogP contribution in [0.3, 0.4) is 0 Å². The molecule has 18 heavy (non-hydrogen) atoms. The van der Waals surface area contributed by atoms with Crippen LogP contribution >= 0.6 is 0 Å². The average molecular weight is 245 g/mol. The molecule has 3 nitrogen and oxygen atoms in total. The Kier molecular flexibility index (Phi) is 3.35. The molecule has 1 aliphatic heterocycles. The minimum Gasteiger partial charge on any atom is -0.314 e. The molecule has 0 amide bonds. The van der Waals surface area contributed by atoms with Crippen LogP contribution in [0.1, 0.15) is 36.8 Å². The van der Waals surface area contributed by atoms with Crippen molar-refractivity contribution in [2.45, 2.75) is 44.7 Å². The molecule has 0 atom stereocenters. The van der Waals surface area contributed by atoms with Crippen LogP contribution in [-0.2, 0) is 6.54 Å². The minimum atomic E-state index is 0.433. The fourth-order valence-corrected chi connectivity index (χ4v) is 3.58. The maximum absolute atomic E-state index is 4.32. The molecule has 1 aromatic rings. The van der Waals surface area contributed by atoms with E-state index >= 15 is 0 Å². The van der Waals surface area contributed by atoms with Gasteiger partial charge in [-0.25, -0.2) is 0 Å². The third-order valence-corrected chi connectivity index (χ3v) is 4.52. The Bertz CT molecular complexity index is 410. The van der Waals surface area contributed by atoms with Gasteiger partial charge in [0.25, 0.3) is 0 Å². The Morgan fingerprint density at radius 1 is 1.33 bits per heavy atom. The Morgan fingerprint density at radius 3 is 2.94 bits per heavy atom. The van der Waals surface area contributed by atoms with Gasteiger partial charge < -0.3 is 5.32 Å². The van der Waals surface area contributed by atoms with Crippen LogP contribution in [0.25, 0.3) is 0 Å². The zero-order valence-corrected chi connectivity index (χ0v) is 11.3. The summed E-state index contributed by atoms with van der Waals surface area (Å²) in [5, 5.41) is 3.59. The normalized spacial score (nSPS) is 23.6. The van der Waals surface area contributed by atoms with Gasteiger partial charge in [-0.1, -0.05) is 18.9 Å². The molecule has 0 radical (unpaired) electrons. The van der Waals surface area contributed by atoms with Gasteiger partial charge in [0.2, 0.25) is 0 Å². The van der Waals surface area contributed by atoms with E-state index in [0.29, 0.717) is 5.54 Å². The molecule has 0 bridgehead atoms. The van der Waals surface area contributed by atoms with E-state index in [1.165, 1.54) is 49.9 Å². The minimum absolute atomic E-state index is 0.433. The van der Waals surface area contributed by atoms with E-state index in [4.69, 9.17) is 0 Å². The summed E-state index contributed by atoms with van der Waals surface area (Å²) in [7, 11) is 0. The van der Waals surface area contributed by atoms with Crippen molar-refractivity contribution in [2.24, 2.45) is 0 Å². The molecule has 1 saturated heterocycles. The quantitative estimate of drug-likeness (QED) is 0.865. The highest BCUT2D eigenvalue weighted by Gasteiger charge is 2.40. The lowest BCUT2D eigenvalue weighted by Crippen LogP contribution is -2.59. The van der Waals surface area contributed by atoms with Gasteiger partial charge in [0.05, 0.1) is 0 Å². The monoisotopic (exact) mass is 245 g/mol. The van der Waals surface area contributed by atoms with Crippen LogP contribution in [0.4, 0.5) is 0 Å². The molecule has 1 N–H and O–H groups in total. The summed E-state index contributed by atoms with van der Waals surface area (Å²) in [4.78, 5) is 7.02. The first-order chi connectivity index (χ1) is 8.78.